The Hall–Kier alpha value is -1.81. The molecule has 1 aromatic carbocycles. The maximum absolute atomic E-state index is 11.6. The molecule has 2 aliphatic heterocycles. The SMILES string of the molecule is NC(=O)C1CC[C@H]2CN3CCc4c([nH]c5ccccc45)[C@@H]3C[C@@H]2C1. The third kappa shape index (κ3) is 2.12. The number of nitrogens with one attached hydrogen (secondary N) is 1. The summed E-state index contributed by atoms with van der Waals surface area (Å²) in [6, 6.07) is 9.17. The van der Waals surface area contributed by atoms with Crippen molar-refractivity contribution < 1.29 is 4.79 Å². The van der Waals surface area contributed by atoms with Gasteiger partial charge in [-0.15, -0.1) is 0 Å². The molecule has 0 bridgehead atoms. The van der Waals surface area contributed by atoms with Crippen LogP contribution < -0.4 is 5.73 Å². The molecule has 5 rings (SSSR count). The van der Waals surface area contributed by atoms with Crippen molar-refractivity contribution >= 4 is 16.8 Å². The van der Waals surface area contributed by atoms with E-state index in [0.717, 1.165) is 25.2 Å². The van der Waals surface area contributed by atoms with Crippen LogP contribution in [0.2, 0.25) is 0 Å². The first-order chi connectivity index (χ1) is 11.7. The number of amides is 1. The van der Waals surface area contributed by atoms with Crippen LogP contribution in [0.3, 0.4) is 0 Å². The summed E-state index contributed by atoms with van der Waals surface area (Å²) < 4.78 is 0. The summed E-state index contributed by atoms with van der Waals surface area (Å²) in [5.74, 6) is 1.41. The van der Waals surface area contributed by atoms with E-state index in [9.17, 15) is 4.79 Å². The maximum Gasteiger partial charge on any atom is 0.220 e. The molecule has 4 nitrogen and oxygen atoms in total. The number of hydrogen-bond acceptors (Lipinski definition) is 2. The molecule has 1 unspecified atom stereocenters. The Morgan fingerprint density at radius 2 is 2.04 bits per heavy atom. The van der Waals surface area contributed by atoms with E-state index >= 15 is 0 Å². The summed E-state index contributed by atoms with van der Waals surface area (Å²) in [6.45, 7) is 2.36. The molecular formula is C20H25N3O. The number of fused-ring (bicyclic) bond motifs is 6. The number of H-pyrrole nitrogens is 1. The van der Waals surface area contributed by atoms with E-state index in [1.807, 2.05) is 0 Å². The highest BCUT2D eigenvalue weighted by atomic mass is 16.1. The molecule has 1 aliphatic carbocycles. The van der Waals surface area contributed by atoms with Crippen LogP contribution in [0.1, 0.15) is 43.0 Å². The van der Waals surface area contributed by atoms with Gasteiger partial charge in [-0.05, 0) is 55.6 Å². The predicted octanol–water partition coefficient (Wildman–Crippen LogP) is 2.99. The van der Waals surface area contributed by atoms with E-state index < -0.39 is 0 Å². The lowest BCUT2D eigenvalue weighted by atomic mass is 9.68. The molecule has 1 aromatic heterocycles. The van der Waals surface area contributed by atoms with Crippen molar-refractivity contribution in [2.24, 2.45) is 23.5 Å². The summed E-state index contributed by atoms with van der Waals surface area (Å²) in [6.07, 6.45) is 5.49. The highest BCUT2D eigenvalue weighted by molar-refractivity contribution is 5.85. The van der Waals surface area contributed by atoms with E-state index in [4.69, 9.17) is 5.73 Å². The lowest BCUT2D eigenvalue weighted by Crippen LogP contribution is -2.48. The second-order valence-electron chi connectivity index (χ2n) is 7.99. The smallest absolute Gasteiger partial charge is 0.220 e. The zero-order valence-electron chi connectivity index (χ0n) is 14.0. The van der Waals surface area contributed by atoms with Crippen molar-refractivity contribution in [1.29, 1.82) is 0 Å². The van der Waals surface area contributed by atoms with Gasteiger partial charge < -0.3 is 10.7 Å². The molecule has 2 aromatic rings. The second kappa shape index (κ2) is 5.35. The Morgan fingerprint density at radius 1 is 1.17 bits per heavy atom. The standard InChI is InChI=1S/C20H25N3O/c21-20(24)12-5-6-13-11-23-8-7-16-15-3-1-2-4-17(15)22-19(16)18(23)10-14(13)9-12/h1-4,12-14,18,22H,5-11H2,(H2,21,24)/t12?,13-,14-,18-/m0/s1. The first kappa shape index (κ1) is 14.5. The number of carbonyl (C=O) groups excluding carboxylic acids is 1. The molecule has 4 heteroatoms. The maximum atomic E-state index is 11.6. The van der Waals surface area contributed by atoms with Gasteiger partial charge in [-0.25, -0.2) is 0 Å². The largest absolute Gasteiger partial charge is 0.369 e. The number of carbonyl (C=O) groups is 1. The highest BCUT2D eigenvalue weighted by Gasteiger charge is 2.43. The number of hydrogen-bond donors (Lipinski definition) is 2. The van der Waals surface area contributed by atoms with Crippen LogP contribution in [0.25, 0.3) is 10.9 Å². The number of nitrogens with zero attached hydrogens (tertiary/aromatic N) is 1. The van der Waals surface area contributed by atoms with Crippen LogP contribution in [-0.2, 0) is 11.2 Å². The Bertz CT molecular complexity index is 795. The van der Waals surface area contributed by atoms with Gasteiger partial charge in [0.15, 0.2) is 0 Å². The van der Waals surface area contributed by atoms with Gasteiger partial charge in [0, 0.05) is 35.6 Å². The lowest BCUT2D eigenvalue weighted by molar-refractivity contribution is -0.124. The van der Waals surface area contributed by atoms with E-state index in [1.165, 1.54) is 48.1 Å². The number of aromatic amines is 1. The third-order valence-electron chi connectivity index (χ3n) is 6.81. The fourth-order valence-electron chi connectivity index (χ4n) is 5.56. The molecule has 0 spiro atoms. The van der Waals surface area contributed by atoms with Gasteiger partial charge in [-0.1, -0.05) is 18.2 Å². The Morgan fingerprint density at radius 3 is 2.92 bits per heavy atom. The Kier molecular flexibility index (Phi) is 3.24. The Balaban J connectivity index is 1.48. The van der Waals surface area contributed by atoms with Crippen molar-refractivity contribution in [2.75, 3.05) is 13.1 Å². The molecule has 0 radical (unpaired) electrons. The number of nitrogens with two attached hydrogens (primary N) is 1. The van der Waals surface area contributed by atoms with Crippen LogP contribution in [0.15, 0.2) is 24.3 Å². The number of para-hydroxylation sites is 1. The zero-order valence-corrected chi connectivity index (χ0v) is 14.0. The van der Waals surface area contributed by atoms with Crippen LogP contribution in [0, 0.1) is 17.8 Å². The van der Waals surface area contributed by atoms with Gasteiger partial charge in [0.1, 0.15) is 0 Å². The van der Waals surface area contributed by atoms with Gasteiger partial charge >= 0.3 is 0 Å². The minimum absolute atomic E-state index is 0.0918. The molecule has 24 heavy (non-hydrogen) atoms. The molecule has 1 saturated carbocycles. The van der Waals surface area contributed by atoms with Crippen molar-refractivity contribution in [1.82, 2.24) is 9.88 Å². The zero-order chi connectivity index (χ0) is 16.3. The first-order valence-electron chi connectivity index (χ1n) is 9.33. The monoisotopic (exact) mass is 323 g/mol. The summed E-state index contributed by atoms with van der Waals surface area (Å²) in [4.78, 5) is 18.0. The van der Waals surface area contributed by atoms with Gasteiger partial charge in [0.25, 0.3) is 0 Å². The summed E-state index contributed by atoms with van der Waals surface area (Å²) in [5, 5.41) is 1.40. The van der Waals surface area contributed by atoms with Crippen molar-refractivity contribution in [3.8, 4) is 0 Å². The molecule has 126 valence electrons. The number of rotatable bonds is 1. The van der Waals surface area contributed by atoms with Crippen LogP contribution >= 0.6 is 0 Å². The topological polar surface area (TPSA) is 62.1 Å². The number of primary amides is 1. The molecule has 4 atom stereocenters. The quantitative estimate of drug-likeness (QED) is 0.847. The summed E-state index contributed by atoms with van der Waals surface area (Å²) in [5.41, 5.74) is 9.81. The number of aromatic nitrogens is 1. The molecule has 2 fully saturated rings. The average Bonchev–Trinajstić information content (AvgIpc) is 2.98. The molecule has 1 saturated heterocycles. The molecule has 3 N–H and O–H groups in total. The molecule has 3 aliphatic rings. The third-order valence-corrected chi connectivity index (χ3v) is 6.81. The fraction of sp³-hybridized carbons (Fsp3) is 0.550. The van der Waals surface area contributed by atoms with Crippen LogP contribution in [0.4, 0.5) is 0 Å². The Labute approximate surface area is 142 Å². The number of benzene rings is 1. The van der Waals surface area contributed by atoms with Crippen molar-refractivity contribution in [2.45, 2.75) is 38.1 Å². The van der Waals surface area contributed by atoms with E-state index in [2.05, 4.69) is 34.1 Å². The summed E-state index contributed by atoms with van der Waals surface area (Å²) in [7, 11) is 0. The second-order valence-corrected chi connectivity index (χ2v) is 7.99. The van der Waals surface area contributed by atoms with Crippen molar-refractivity contribution in [3.05, 3.63) is 35.5 Å². The number of piperidine rings is 1. The minimum atomic E-state index is -0.0918. The molecular weight excluding hydrogens is 298 g/mol. The summed E-state index contributed by atoms with van der Waals surface area (Å²) >= 11 is 0. The molecule has 3 heterocycles. The van der Waals surface area contributed by atoms with Gasteiger partial charge in [0.2, 0.25) is 5.91 Å². The van der Waals surface area contributed by atoms with Gasteiger partial charge in [-0.2, -0.15) is 0 Å². The van der Waals surface area contributed by atoms with Gasteiger partial charge in [0.05, 0.1) is 6.04 Å². The first-order valence-corrected chi connectivity index (χ1v) is 9.33. The normalized spacial score (nSPS) is 32.8. The van der Waals surface area contributed by atoms with E-state index in [0.29, 0.717) is 12.0 Å². The van der Waals surface area contributed by atoms with E-state index in [1.54, 1.807) is 0 Å². The lowest BCUT2D eigenvalue weighted by Gasteiger charge is -2.49. The minimum Gasteiger partial charge on any atom is -0.369 e. The highest BCUT2D eigenvalue weighted by Crippen LogP contribution is 2.48. The fourth-order valence-corrected chi connectivity index (χ4v) is 5.56. The van der Waals surface area contributed by atoms with Gasteiger partial charge in [-0.3, -0.25) is 9.69 Å². The molecule has 1 amide bonds. The van der Waals surface area contributed by atoms with Crippen LogP contribution in [0.5, 0.6) is 0 Å². The van der Waals surface area contributed by atoms with Crippen molar-refractivity contribution in [3.63, 3.8) is 0 Å². The van der Waals surface area contributed by atoms with Crippen LogP contribution in [-0.4, -0.2) is 28.9 Å². The predicted molar refractivity (Wildman–Crippen MR) is 94.4 cm³/mol. The van der Waals surface area contributed by atoms with E-state index in [-0.39, 0.29) is 11.8 Å². The average molecular weight is 323 g/mol.